The van der Waals surface area contributed by atoms with E-state index in [1.807, 2.05) is 54.6 Å². The lowest BCUT2D eigenvalue weighted by atomic mass is 9.82. The van der Waals surface area contributed by atoms with Crippen molar-refractivity contribution in [1.82, 2.24) is 9.97 Å². The Bertz CT molecular complexity index is 1080. The van der Waals surface area contributed by atoms with Crippen LogP contribution in [-0.2, 0) is 22.7 Å². The van der Waals surface area contributed by atoms with E-state index in [1.54, 1.807) is 0 Å². The Morgan fingerprint density at radius 2 is 1.67 bits per heavy atom. The largest absolute Gasteiger partial charge is 0.383 e. The van der Waals surface area contributed by atoms with Gasteiger partial charge in [-0.2, -0.15) is 4.98 Å². The zero-order chi connectivity index (χ0) is 23.2. The van der Waals surface area contributed by atoms with Crippen molar-refractivity contribution in [1.29, 1.82) is 0 Å². The van der Waals surface area contributed by atoms with E-state index in [4.69, 9.17) is 16.2 Å². The summed E-state index contributed by atoms with van der Waals surface area (Å²) in [4.78, 5) is 21.1. The summed E-state index contributed by atoms with van der Waals surface area (Å²) in [7, 11) is 0. The van der Waals surface area contributed by atoms with Crippen LogP contribution >= 0.6 is 0 Å². The molecule has 1 saturated carbocycles. The molecular formula is C26H31N5O2. The van der Waals surface area contributed by atoms with E-state index in [1.165, 1.54) is 0 Å². The van der Waals surface area contributed by atoms with Crippen molar-refractivity contribution >= 4 is 23.4 Å². The van der Waals surface area contributed by atoms with Crippen LogP contribution in [0.25, 0.3) is 11.1 Å². The molecule has 4 rings (SSSR count). The van der Waals surface area contributed by atoms with E-state index < -0.39 is 0 Å². The van der Waals surface area contributed by atoms with Gasteiger partial charge in [0, 0.05) is 17.2 Å². The van der Waals surface area contributed by atoms with Gasteiger partial charge in [0.1, 0.15) is 5.82 Å². The fourth-order valence-electron chi connectivity index (χ4n) is 4.29. The minimum Gasteiger partial charge on any atom is -0.383 e. The number of carbonyl (C=O) groups excluding carboxylic acids is 1. The number of nitrogens with two attached hydrogens (primary N) is 2. The monoisotopic (exact) mass is 445 g/mol. The van der Waals surface area contributed by atoms with Crippen molar-refractivity contribution in [2.75, 3.05) is 16.8 Å². The van der Waals surface area contributed by atoms with Gasteiger partial charge in [-0.15, -0.1) is 0 Å². The van der Waals surface area contributed by atoms with Crippen LogP contribution in [0.2, 0.25) is 0 Å². The standard InChI is InChI=1S/C26H31N5O2/c1-17-7-9-20(10-8-17)25(32)29-21-13-11-19(12-14-21)23-22(30-26(28)31-24(23)27)16-33-15-18-5-3-2-4-6-18/h2-6,11-14,17,20H,7-10,15-16H2,1H3,(H,29,32)(H4,27,28,30,31). The summed E-state index contributed by atoms with van der Waals surface area (Å²) in [6.45, 7) is 2.95. The van der Waals surface area contributed by atoms with Crippen LogP contribution < -0.4 is 16.8 Å². The van der Waals surface area contributed by atoms with Crippen molar-refractivity contribution in [2.45, 2.75) is 45.8 Å². The highest BCUT2D eigenvalue weighted by Gasteiger charge is 2.24. The molecule has 1 heterocycles. The normalized spacial score (nSPS) is 18.1. The maximum absolute atomic E-state index is 12.6. The lowest BCUT2D eigenvalue weighted by Crippen LogP contribution is -2.26. The summed E-state index contributed by atoms with van der Waals surface area (Å²) in [5.74, 6) is 1.32. The predicted molar refractivity (Wildman–Crippen MR) is 131 cm³/mol. The van der Waals surface area contributed by atoms with Crippen molar-refractivity contribution in [3.63, 3.8) is 0 Å². The second kappa shape index (κ2) is 10.4. The Balaban J connectivity index is 1.46. The number of hydrogen-bond donors (Lipinski definition) is 3. The predicted octanol–water partition coefficient (Wildman–Crippen LogP) is 4.79. The van der Waals surface area contributed by atoms with Gasteiger partial charge in [0.15, 0.2) is 0 Å². The molecule has 1 fully saturated rings. The Hall–Kier alpha value is -3.45. The van der Waals surface area contributed by atoms with Crippen LogP contribution in [0.1, 0.15) is 43.9 Å². The van der Waals surface area contributed by atoms with Gasteiger partial charge in [0.25, 0.3) is 0 Å². The summed E-state index contributed by atoms with van der Waals surface area (Å²) in [6, 6.07) is 17.5. The fraction of sp³-hybridized carbons (Fsp3) is 0.346. The topological polar surface area (TPSA) is 116 Å². The number of rotatable bonds is 7. The number of aromatic nitrogens is 2. The minimum absolute atomic E-state index is 0.0929. The summed E-state index contributed by atoms with van der Waals surface area (Å²) < 4.78 is 5.87. The Kier molecular flexibility index (Phi) is 7.19. The van der Waals surface area contributed by atoms with E-state index in [0.717, 1.165) is 42.5 Å². The summed E-state index contributed by atoms with van der Waals surface area (Å²) in [6.07, 6.45) is 4.14. The Morgan fingerprint density at radius 3 is 2.36 bits per heavy atom. The lowest BCUT2D eigenvalue weighted by Gasteiger charge is -2.25. The van der Waals surface area contributed by atoms with Crippen LogP contribution in [0.3, 0.4) is 0 Å². The number of hydrogen-bond acceptors (Lipinski definition) is 6. The first-order valence-electron chi connectivity index (χ1n) is 11.4. The molecule has 1 aliphatic rings. The molecule has 0 unspecified atom stereocenters. The molecule has 0 aliphatic heterocycles. The maximum Gasteiger partial charge on any atom is 0.227 e. The molecule has 2 aromatic carbocycles. The number of nitrogens with zero attached hydrogens (tertiary/aromatic N) is 2. The molecule has 7 heteroatoms. The van der Waals surface area contributed by atoms with Crippen LogP contribution in [0.15, 0.2) is 54.6 Å². The molecule has 172 valence electrons. The van der Waals surface area contributed by atoms with E-state index in [2.05, 4.69) is 22.2 Å². The third-order valence-corrected chi connectivity index (χ3v) is 6.21. The number of ether oxygens (including phenoxy) is 1. The maximum atomic E-state index is 12.6. The van der Waals surface area contributed by atoms with Crippen molar-refractivity contribution in [3.05, 3.63) is 65.9 Å². The molecule has 0 atom stereocenters. The third-order valence-electron chi connectivity index (χ3n) is 6.21. The molecule has 1 amide bonds. The second-order valence-corrected chi connectivity index (χ2v) is 8.79. The molecule has 7 nitrogen and oxygen atoms in total. The molecule has 5 N–H and O–H groups in total. The van der Waals surface area contributed by atoms with Gasteiger partial charge in [-0.25, -0.2) is 4.98 Å². The summed E-state index contributed by atoms with van der Waals surface area (Å²) in [5, 5.41) is 3.05. The number of amides is 1. The van der Waals surface area contributed by atoms with E-state index >= 15 is 0 Å². The number of benzene rings is 2. The van der Waals surface area contributed by atoms with Gasteiger partial charge >= 0.3 is 0 Å². The Labute approximate surface area is 194 Å². The lowest BCUT2D eigenvalue weighted by molar-refractivity contribution is -0.121. The summed E-state index contributed by atoms with van der Waals surface area (Å²) in [5.41, 5.74) is 16.0. The molecule has 3 aromatic rings. The first-order valence-corrected chi connectivity index (χ1v) is 11.4. The highest BCUT2D eigenvalue weighted by atomic mass is 16.5. The van der Waals surface area contributed by atoms with E-state index in [0.29, 0.717) is 29.6 Å². The minimum atomic E-state index is 0.0929. The number of anilines is 3. The van der Waals surface area contributed by atoms with E-state index in [-0.39, 0.29) is 24.4 Å². The van der Waals surface area contributed by atoms with Crippen molar-refractivity contribution in [2.24, 2.45) is 11.8 Å². The van der Waals surface area contributed by atoms with Gasteiger partial charge < -0.3 is 21.5 Å². The van der Waals surface area contributed by atoms with Crippen molar-refractivity contribution < 1.29 is 9.53 Å². The number of nitrogens with one attached hydrogen (secondary N) is 1. The molecule has 0 bridgehead atoms. The average molecular weight is 446 g/mol. The smallest absolute Gasteiger partial charge is 0.227 e. The molecular weight excluding hydrogens is 414 g/mol. The SMILES string of the molecule is CC1CCC(C(=O)Nc2ccc(-c3c(N)nc(N)nc3COCc3ccccc3)cc2)CC1. The van der Waals surface area contributed by atoms with Crippen LogP contribution in [-0.4, -0.2) is 15.9 Å². The van der Waals surface area contributed by atoms with Crippen LogP contribution in [0.4, 0.5) is 17.5 Å². The third kappa shape index (κ3) is 5.87. The quantitative estimate of drug-likeness (QED) is 0.481. The van der Waals surface area contributed by atoms with E-state index in [9.17, 15) is 4.79 Å². The fourth-order valence-corrected chi connectivity index (χ4v) is 4.29. The van der Waals surface area contributed by atoms with Crippen molar-refractivity contribution in [3.8, 4) is 11.1 Å². The van der Waals surface area contributed by atoms with Crippen LogP contribution in [0.5, 0.6) is 0 Å². The second-order valence-electron chi connectivity index (χ2n) is 8.79. The van der Waals surface area contributed by atoms with Gasteiger partial charge in [-0.05, 0) is 54.9 Å². The molecule has 1 aromatic heterocycles. The average Bonchev–Trinajstić information content (AvgIpc) is 2.81. The highest BCUT2D eigenvalue weighted by Crippen LogP contribution is 2.31. The molecule has 33 heavy (non-hydrogen) atoms. The van der Waals surface area contributed by atoms with Gasteiger partial charge in [0.05, 0.1) is 18.9 Å². The van der Waals surface area contributed by atoms with Gasteiger partial charge in [-0.3, -0.25) is 4.79 Å². The summed E-state index contributed by atoms with van der Waals surface area (Å²) >= 11 is 0. The first kappa shape index (κ1) is 22.7. The molecule has 0 saturated heterocycles. The zero-order valence-corrected chi connectivity index (χ0v) is 19.0. The number of carbonyl (C=O) groups is 1. The first-order chi connectivity index (χ1) is 16.0. The zero-order valence-electron chi connectivity index (χ0n) is 19.0. The molecule has 0 radical (unpaired) electrons. The molecule has 0 spiro atoms. The van der Waals surface area contributed by atoms with Crippen LogP contribution in [0, 0.1) is 11.8 Å². The van der Waals surface area contributed by atoms with Gasteiger partial charge in [0.2, 0.25) is 11.9 Å². The Morgan fingerprint density at radius 1 is 0.970 bits per heavy atom. The van der Waals surface area contributed by atoms with Gasteiger partial charge in [-0.1, -0.05) is 49.4 Å². The molecule has 1 aliphatic carbocycles. The number of nitrogen functional groups attached to an aromatic ring is 2. The highest BCUT2D eigenvalue weighted by molar-refractivity contribution is 5.93.